The van der Waals surface area contributed by atoms with Gasteiger partial charge in [0.15, 0.2) is 0 Å². The Morgan fingerprint density at radius 2 is 1.88 bits per heavy atom. The fourth-order valence-electron chi connectivity index (χ4n) is 3.13. The van der Waals surface area contributed by atoms with Crippen LogP contribution in [0.25, 0.3) is 0 Å². The number of carbonyl (C=O) groups excluding carboxylic acids is 2. The first kappa shape index (κ1) is 19.0. The number of nitrogens with zero attached hydrogens (tertiary/aromatic N) is 2. The number of Topliss-reactive ketones (excluding diaryl/α,β-unsaturated/α-hetero) is 1. The number of piperidine rings is 1. The van der Waals surface area contributed by atoms with E-state index in [9.17, 15) is 9.59 Å². The van der Waals surface area contributed by atoms with Crippen molar-refractivity contribution in [2.75, 3.05) is 32.7 Å². The third-order valence-electron chi connectivity index (χ3n) is 4.16. The average Bonchev–Trinajstić information content (AvgIpc) is 2.35. The number of amides is 1. The molecule has 0 bridgehead atoms. The Hall–Kier alpha value is -1.32. The van der Waals surface area contributed by atoms with E-state index in [1.165, 1.54) is 0 Å². The molecule has 5 nitrogen and oxygen atoms in total. The topological polar surface area (TPSA) is 49.9 Å². The zero-order valence-corrected chi connectivity index (χ0v) is 16.9. The lowest BCUT2D eigenvalue weighted by Crippen LogP contribution is -2.67. The highest BCUT2D eigenvalue weighted by Crippen LogP contribution is 2.36. The Balaban J connectivity index is 1.92. The van der Waals surface area contributed by atoms with Crippen molar-refractivity contribution in [2.24, 2.45) is 5.41 Å². The van der Waals surface area contributed by atoms with Gasteiger partial charge in [0.25, 0.3) is 0 Å². The van der Waals surface area contributed by atoms with Gasteiger partial charge in [-0.1, -0.05) is 25.6 Å². The van der Waals surface area contributed by atoms with Crippen LogP contribution in [0.1, 0.15) is 27.2 Å². The lowest BCUT2D eigenvalue weighted by Gasteiger charge is -2.52. The lowest BCUT2D eigenvalue weighted by molar-refractivity contribution is -0.145. The molecule has 2 fully saturated rings. The highest BCUT2D eigenvalue weighted by molar-refractivity contribution is 6.83. The van der Waals surface area contributed by atoms with Gasteiger partial charge in [-0.25, -0.2) is 4.79 Å². The van der Waals surface area contributed by atoms with Crippen LogP contribution >= 0.6 is 0 Å². The van der Waals surface area contributed by atoms with E-state index in [1.807, 2.05) is 20.8 Å². The summed E-state index contributed by atoms with van der Waals surface area (Å²) in [5, 5.41) is 0. The largest absolute Gasteiger partial charge is 0.444 e. The molecule has 0 aromatic carbocycles. The van der Waals surface area contributed by atoms with Crippen LogP contribution in [-0.2, 0) is 9.53 Å². The first-order valence-electron chi connectivity index (χ1n) is 8.64. The molecule has 0 N–H and O–H groups in total. The van der Waals surface area contributed by atoms with Crippen LogP contribution in [0, 0.1) is 16.9 Å². The third-order valence-corrected chi connectivity index (χ3v) is 5.09. The summed E-state index contributed by atoms with van der Waals surface area (Å²) in [6.45, 7) is 15.3. The molecule has 134 valence electrons. The molecular weight excluding hydrogens is 320 g/mol. The monoisotopic (exact) mass is 350 g/mol. The molecule has 0 saturated carbocycles. The number of rotatable bonds is 1. The van der Waals surface area contributed by atoms with Crippen LogP contribution in [0.15, 0.2) is 0 Å². The van der Waals surface area contributed by atoms with E-state index in [4.69, 9.17) is 4.74 Å². The van der Waals surface area contributed by atoms with Crippen molar-refractivity contribution in [3.63, 3.8) is 0 Å². The minimum Gasteiger partial charge on any atom is -0.444 e. The summed E-state index contributed by atoms with van der Waals surface area (Å²) in [5.74, 6) is 3.53. The van der Waals surface area contributed by atoms with Gasteiger partial charge in [0.2, 0.25) is 0 Å². The number of ketones is 1. The molecule has 2 aliphatic rings. The number of likely N-dealkylation sites (tertiary alicyclic amines) is 2. The van der Waals surface area contributed by atoms with E-state index in [1.54, 1.807) is 4.90 Å². The summed E-state index contributed by atoms with van der Waals surface area (Å²) in [7, 11) is -1.35. The Labute approximate surface area is 146 Å². The van der Waals surface area contributed by atoms with E-state index >= 15 is 0 Å². The molecule has 0 unspecified atom stereocenters. The summed E-state index contributed by atoms with van der Waals surface area (Å²) in [5.41, 5.74) is 2.44. The van der Waals surface area contributed by atoms with Gasteiger partial charge < -0.3 is 9.64 Å². The molecule has 0 radical (unpaired) electrons. The highest BCUT2D eigenvalue weighted by Gasteiger charge is 2.52. The number of ether oxygens (including phenoxy) is 1. The molecule has 2 saturated heterocycles. The maximum Gasteiger partial charge on any atom is 0.410 e. The maximum absolute atomic E-state index is 12.4. The molecular formula is C18H30N2O3Si. The first-order valence-corrected chi connectivity index (χ1v) is 12.1. The second-order valence-corrected chi connectivity index (χ2v) is 13.8. The van der Waals surface area contributed by atoms with Gasteiger partial charge in [-0.2, -0.15) is 0 Å². The van der Waals surface area contributed by atoms with Crippen molar-refractivity contribution in [1.29, 1.82) is 0 Å². The Bertz CT molecular complexity index is 572. The minimum atomic E-state index is -1.35. The third kappa shape index (κ3) is 4.84. The zero-order valence-electron chi connectivity index (χ0n) is 15.9. The van der Waals surface area contributed by atoms with Crippen molar-refractivity contribution >= 4 is 20.0 Å². The SMILES string of the molecule is CC(C)(C)OC(=O)N1CCC(=O)C2(CN(CC#C[Si](C)(C)C)C2)C1. The molecule has 24 heavy (non-hydrogen) atoms. The predicted octanol–water partition coefficient (Wildman–Crippen LogP) is 2.38. The summed E-state index contributed by atoms with van der Waals surface area (Å²) in [6.07, 6.45) is 0.111. The van der Waals surface area contributed by atoms with Crippen molar-refractivity contribution in [3.05, 3.63) is 0 Å². The van der Waals surface area contributed by atoms with Crippen molar-refractivity contribution in [1.82, 2.24) is 9.80 Å². The van der Waals surface area contributed by atoms with E-state index in [-0.39, 0.29) is 11.9 Å². The maximum atomic E-state index is 12.4. The quantitative estimate of drug-likeness (QED) is 0.538. The lowest BCUT2D eigenvalue weighted by atomic mass is 9.72. The smallest absolute Gasteiger partial charge is 0.410 e. The second-order valence-electron chi connectivity index (χ2n) is 9.05. The van der Waals surface area contributed by atoms with Gasteiger partial charge >= 0.3 is 6.09 Å². The molecule has 0 atom stereocenters. The summed E-state index contributed by atoms with van der Waals surface area (Å²) < 4.78 is 5.45. The normalized spacial score (nSPS) is 21.1. The molecule has 0 aromatic heterocycles. The number of carbonyl (C=O) groups is 2. The fraction of sp³-hybridized carbons (Fsp3) is 0.778. The second kappa shape index (κ2) is 6.53. The van der Waals surface area contributed by atoms with Gasteiger partial charge in [0, 0.05) is 32.6 Å². The summed E-state index contributed by atoms with van der Waals surface area (Å²) in [6, 6.07) is 0. The molecule has 2 rings (SSSR count). The molecule has 2 heterocycles. The van der Waals surface area contributed by atoms with E-state index in [2.05, 4.69) is 36.0 Å². The Kier molecular flexibility index (Phi) is 5.17. The van der Waals surface area contributed by atoms with Gasteiger partial charge in [0.1, 0.15) is 19.5 Å². The average molecular weight is 351 g/mol. The first-order chi connectivity index (χ1) is 10.9. The molecule has 2 aliphatic heterocycles. The van der Waals surface area contributed by atoms with Crippen LogP contribution in [0.4, 0.5) is 4.79 Å². The number of hydrogen-bond acceptors (Lipinski definition) is 4. The van der Waals surface area contributed by atoms with E-state index in [0.29, 0.717) is 39.1 Å². The fourth-order valence-corrected chi connectivity index (χ4v) is 3.74. The van der Waals surface area contributed by atoms with Crippen LogP contribution < -0.4 is 0 Å². The van der Waals surface area contributed by atoms with Crippen LogP contribution in [0.2, 0.25) is 19.6 Å². The Morgan fingerprint density at radius 1 is 1.25 bits per heavy atom. The van der Waals surface area contributed by atoms with Gasteiger partial charge in [-0.05, 0) is 20.8 Å². The molecule has 6 heteroatoms. The Morgan fingerprint density at radius 3 is 2.42 bits per heavy atom. The molecule has 1 spiro atoms. The standard InChI is InChI=1S/C18H30N2O3Si/c1-17(2,3)23-16(22)20-10-8-15(21)18(14-20)12-19(13-18)9-7-11-24(4,5)6/h8-10,12-14H2,1-6H3. The van der Waals surface area contributed by atoms with Crippen LogP contribution in [0.3, 0.4) is 0 Å². The number of hydrogen-bond donors (Lipinski definition) is 0. The van der Waals surface area contributed by atoms with Crippen molar-refractivity contribution in [3.8, 4) is 11.5 Å². The van der Waals surface area contributed by atoms with Gasteiger partial charge in [0.05, 0.1) is 12.0 Å². The van der Waals surface area contributed by atoms with Crippen molar-refractivity contribution < 1.29 is 14.3 Å². The van der Waals surface area contributed by atoms with Crippen LogP contribution in [-0.4, -0.2) is 68.1 Å². The summed E-state index contributed by atoms with van der Waals surface area (Å²) in [4.78, 5) is 28.6. The molecule has 0 aliphatic carbocycles. The minimum absolute atomic E-state index is 0.275. The van der Waals surface area contributed by atoms with Gasteiger partial charge in [-0.15, -0.1) is 5.54 Å². The zero-order chi connectivity index (χ0) is 18.2. The van der Waals surface area contributed by atoms with E-state index in [0.717, 1.165) is 0 Å². The molecule has 0 aromatic rings. The van der Waals surface area contributed by atoms with Gasteiger partial charge in [-0.3, -0.25) is 9.69 Å². The van der Waals surface area contributed by atoms with E-state index < -0.39 is 19.1 Å². The predicted molar refractivity (Wildman–Crippen MR) is 97.4 cm³/mol. The van der Waals surface area contributed by atoms with Crippen LogP contribution in [0.5, 0.6) is 0 Å². The highest BCUT2D eigenvalue weighted by atomic mass is 28.3. The molecule has 1 amide bonds. The van der Waals surface area contributed by atoms with Crippen molar-refractivity contribution in [2.45, 2.75) is 52.4 Å². The summed E-state index contributed by atoms with van der Waals surface area (Å²) >= 11 is 0.